The van der Waals surface area contributed by atoms with Crippen LogP contribution in [0.4, 0.5) is 0 Å². The Balaban J connectivity index is 2.05. The molecule has 2 rings (SSSR count). The highest BCUT2D eigenvalue weighted by atomic mass is 16.3. The quantitative estimate of drug-likeness (QED) is 0.847. The minimum Gasteiger partial charge on any atom is -0.395 e. The van der Waals surface area contributed by atoms with E-state index >= 15 is 0 Å². The zero-order chi connectivity index (χ0) is 13.0. The first-order chi connectivity index (χ1) is 8.72. The summed E-state index contributed by atoms with van der Waals surface area (Å²) >= 11 is 0. The molecule has 0 radical (unpaired) electrons. The van der Waals surface area contributed by atoms with Crippen molar-refractivity contribution in [1.29, 1.82) is 0 Å². The zero-order valence-electron chi connectivity index (χ0n) is 11.2. The molecule has 0 saturated heterocycles. The molecule has 0 spiro atoms. The number of fused-ring (bicyclic) bond motifs is 1. The molecule has 1 heterocycles. The van der Waals surface area contributed by atoms with E-state index in [0.29, 0.717) is 6.04 Å². The van der Waals surface area contributed by atoms with Crippen molar-refractivity contribution in [2.45, 2.75) is 26.4 Å². The van der Waals surface area contributed by atoms with Gasteiger partial charge in [-0.25, -0.2) is 0 Å². The van der Waals surface area contributed by atoms with Gasteiger partial charge in [0.1, 0.15) is 0 Å². The first-order valence-corrected chi connectivity index (χ1v) is 6.61. The van der Waals surface area contributed by atoms with Crippen molar-refractivity contribution < 1.29 is 5.11 Å². The topological polar surface area (TPSA) is 28.4 Å². The van der Waals surface area contributed by atoms with Crippen LogP contribution >= 0.6 is 0 Å². The van der Waals surface area contributed by atoms with Gasteiger partial charge in [-0.05, 0) is 31.4 Å². The van der Waals surface area contributed by atoms with E-state index in [1.54, 1.807) is 0 Å². The maximum atomic E-state index is 9.07. The molecule has 0 amide bonds. The van der Waals surface area contributed by atoms with Crippen LogP contribution in [-0.4, -0.2) is 40.3 Å². The van der Waals surface area contributed by atoms with E-state index < -0.39 is 0 Å². The van der Waals surface area contributed by atoms with Gasteiger partial charge in [0, 0.05) is 37.4 Å². The van der Waals surface area contributed by atoms with Crippen molar-refractivity contribution in [2.75, 3.05) is 19.7 Å². The molecule has 0 fully saturated rings. The van der Waals surface area contributed by atoms with Gasteiger partial charge < -0.3 is 9.67 Å². The van der Waals surface area contributed by atoms with Crippen molar-refractivity contribution in [3.05, 3.63) is 36.5 Å². The molecule has 0 atom stereocenters. The number of hydrogen-bond acceptors (Lipinski definition) is 2. The molecule has 2 aromatic rings. The van der Waals surface area contributed by atoms with Crippen molar-refractivity contribution in [2.24, 2.45) is 0 Å². The Hall–Kier alpha value is -1.32. The molecule has 98 valence electrons. The van der Waals surface area contributed by atoms with Crippen LogP contribution in [0, 0.1) is 0 Å². The number of para-hydroxylation sites is 1. The first kappa shape index (κ1) is 13.1. The Morgan fingerprint density at radius 2 is 1.94 bits per heavy atom. The fourth-order valence-corrected chi connectivity index (χ4v) is 2.33. The molecule has 3 nitrogen and oxygen atoms in total. The largest absolute Gasteiger partial charge is 0.395 e. The van der Waals surface area contributed by atoms with Crippen LogP contribution in [0.15, 0.2) is 36.5 Å². The number of nitrogens with zero attached hydrogens (tertiary/aromatic N) is 2. The van der Waals surface area contributed by atoms with Gasteiger partial charge >= 0.3 is 0 Å². The van der Waals surface area contributed by atoms with Gasteiger partial charge in [-0.3, -0.25) is 4.90 Å². The summed E-state index contributed by atoms with van der Waals surface area (Å²) in [5.41, 5.74) is 1.28. The average Bonchev–Trinajstić information content (AvgIpc) is 2.77. The van der Waals surface area contributed by atoms with Gasteiger partial charge in [-0.2, -0.15) is 0 Å². The Morgan fingerprint density at radius 1 is 1.17 bits per heavy atom. The van der Waals surface area contributed by atoms with Crippen LogP contribution in [0.2, 0.25) is 0 Å². The molecule has 0 unspecified atom stereocenters. The lowest BCUT2D eigenvalue weighted by molar-refractivity contribution is 0.161. The van der Waals surface area contributed by atoms with Crippen molar-refractivity contribution >= 4 is 10.9 Å². The number of aromatic nitrogens is 1. The molecule has 1 N–H and O–H groups in total. The molecule has 3 heteroatoms. The van der Waals surface area contributed by atoms with Gasteiger partial charge in [0.05, 0.1) is 6.61 Å². The van der Waals surface area contributed by atoms with E-state index in [0.717, 1.165) is 19.6 Å². The fraction of sp³-hybridized carbons (Fsp3) is 0.467. The van der Waals surface area contributed by atoms with Gasteiger partial charge in [-0.15, -0.1) is 0 Å². The van der Waals surface area contributed by atoms with Crippen LogP contribution in [0.3, 0.4) is 0 Å². The van der Waals surface area contributed by atoms with E-state index in [4.69, 9.17) is 5.11 Å². The summed E-state index contributed by atoms with van der Waals surface area (Å²) in [5, 5.41) is 10.4. The number of benzene rings is 1. The smallest absolute Gasteiger partial charge is 0.0558 e. The van der Waals surface area contributed by atoms with Crippen molar-refractivity contribution in [1.82, 2.24) is 9.47 Å². The Labute approximate surface area is 109 Å². The van der Waals surface area contributed by atoms with Gasteiger partial charge in [0.2, 0.25) is 0 Å². The highest BCUT2D eigenvalue weighted by Crippen LogP contribution is 2.15. The van der Waals surface area contributed by atoms with E-state index in [-0.39, 0.29) is 6.61 Å². The molecular formula is C15H22N2O. The summed E-state index contributed by atoms with van der Waals surface area (Å²) < 4.78 is 2.28. The summed E-state index contributed by atoms with van der Waals surface area (Å²) in [6, 6.07) is 11.1. The third kappa shape index (κ3) is 2.92. The van der Waals surface area contributed by atoms with Crippen LogP contribution in [0.5, 0.6) is 0 Å². The molecule has 0 bridgehead atoms. The third-order valence-electron chi connectivity index (χ3n) is 3.43. The third-order valence-corrected chi connectivity index (χ3v) is 3.43. The SMILES string of the molecule is CC(C)N(CCO)CCn1ccc2ccccc21. The average molecular weight is 246 g/mol. The standard InChI is InChI=1S/C15H22N2O/c1-13(2)16(11-12-18)9-10-17-8-7-14-5-3-4-6-15(14)17/h3-8,13,18H,9-12H2,1-2H3. The lowest BCUT2D eigenvalue weighted by Crippen LogP contribution is -2.36. The summed E-state index contributed by atoms with van der Waals surface area (Å²) in [7, 11) is 0. The second kappa shape index (κ2) is 6.03. The van der Waals surface area contributed by atoms with Gasteiger partial charge in [-0.1, -0.05) is 18.2 Å². The molecular weight excluding hydrogens is 224 g/mol. The monoisotopic (exact) mass is 246 g/mol. The number of aliphatic hydroxyl groups excluding tert-OH is 1. The minimum absolute atomic E-state index is 0.227. The van der Waals surface area contributed by atoms with E-state index in [1.807, 2.05) is 0 Å². The second-order valence-electron chi connectivity index (χ2n) is 4.92. The van der Waals surface area contributed by atoms with E-state index in [2.05, 4.69) is 59.8 Å². The predicted molar refractivity (Wildman–Crippen MR) is 75.7 cm³/mol. The highest BCUT2D eigenvalue weighted by Gasteiger charge is 2.09. The summed E-state index contributed by atoms with van der Waals surface area (Å²) in [5.74, 6) is 0. The molecule has 1 aromatic carbocycles. The lowest BCUT2D eigenvalue weighted by Gasteiger charge is -2.25. The van der Waals surface area contributed by atoms with Crippen LogP contribution in [-0.2, 0) is 6.54 Å². The fourth-order valence-electron chi connectivity index (χ4n) is 2.33. The molecule has 1 aromatic heterocycles. The summed E-state index contributed by atoms with van der Waals surface area (Å²) in [6.45, 7) is 7.25. The Bertz CT molecular complexity index is 490. The van der Waals surface area contributed by atoms with Crippen LogP contribution in [0.1, 0.15) is 13.8 Å². The Kier molecular flexibility index (Phi) is 4.39. The molecule has 18 heavy (non-hydrogen) atoms. The number of rotatable bonds is 6. The molecule has 0 aliphatic carbocycles. The lowest BCUT2D eigenvalue weighted by atomic mass is 10.2. The maximum absolute atomic E-state index is 9.07. The first-order valence-electron chi connectivity index (χ1n) is 6.61. The van der Waals surface area contributed by atoms with Crippen LogP contribution in [0.25, 0.3) is 10.9 Å². The van der Waals surface area contributed by atoms with Crippen molar-refractivity contribution in [3.63, 3.8) is 0 Å². The van der Waals surface area contributed by atoms with Crippen LogP contribution < -0.4 is 0 Å². The van der Waals surface area contributed by atoms with Crippen molar-refractivity contribution in [3.8, 4) is 0 Å². The molecule has 0 aliphatic rings. The second-order valence-corrected chi connectivity index (χ2v) is 4.92. The summed E-state index contributed by atoms with van der Waals surface area (Å²) in [4.78, 5) is 2.30. The predicted octanol–water partition coefficient (Wildman–Crippen LogP) is 2.34. The summed E-state index contributed by atoms with van der Waals surface area (Å²) in [6.07, 6.45) is 2.14. The van der Waals surface area contributed by atoms with E-state index in [1.165, 1.54) is 10.9 Å². The maximum Gasteiger partial charge on any atom is 0.0558 e. The molecule has 0 aliphatic heterocycles. The Morgan fingerprint density at radius 3 is 2.67 bits per heavy atom. The van der Waals surface area contributed by atoms with E-state index in [9.17, 15) is 0 Å². The minimum atomic E-state index is 0.227. The highest BCUT2D eigenvalue weighted by molar-refractivity contribution is 5.79. The van der Waals surface area contributed by atoms with Gasteiger partial charge in [0.15, 0.2) is 0 Å². The normalized spacial score (nSPS) is 11.8. The molecule has 0 saturated carbocycles. The number of aliphatic hydroxyl groups is 1. The zero-order valence-corrected chi connectivity index (χ0v) is 11.2. The number of hydrogen-bond donors (Lipinski definition) is 1. The van der Waals surface area contributed by atoms with Gasteiger partial charge in [0.25, 0.3) is 0 Å².